The zero-order valence-electron chi connectivity index (χ0n) is 13.1. The lowest BCUT2D eigenvalue weighted by Crippen LogP contribution is -2.48. The molecule has 0 aromatic heterocycles. The fraction of sp³-hybridized carbons (Fsp3) is 0.800. The van der Waals surface area contributed by atoms with E-state index in [0.717, 1.165) is 0 Å². The molecule has 1 rings (SSSR count). The van der Waals surface area contributed by atoms with Crippen LogP contribution in [-0.4, -0.2) is 36.1 Å². The minimum absolute atomic E-state index is 0.0662. The zero-order valence-corrected chi connectivity index (χ0v) is 13.1. The molecule has 1 fully saturated rings. The standard InChI is InChI=1S/C15H25NO5/c1-5-9(3)12(15(20)21-4)16-13(17)10-6-8(2)7-11(10)14(18)19/h8-12H,5-7H2,1-4H3,(H,16,17)(H,18,19)/t8?,9?,10-,11+,12?/m0/s1. The summed E-state index contributed by atoms with van der Waals surface area (Å²) < 4.78 is 4.72. The number of carbonyl (C=O) groups is 3. The summed E-state index contributed by atoms with van der Waals surface area (Å²) in [5, 5.41) is 11.9. The van der Waals surface area contributed by atoms with Crippen molar-refractivity contribution in [1.82, 2.24) is 5.32 Å². The lowest BCUT2D eigenvalue weighted by Gasteiger charge is -2.24. The molecular formula is C15H25NO5. The third-order valence-corrected chi connectivity index (χ3v) is 4.42. The minimum atomic E-state index is -0.947. The largest absolute Gasteiger partial charge is 0.481 e. The molecule has 0 radical (unpaired) electrons. The smallest absolute Gasteiger partial charge is 0.328 e. The summed E-state index contributed by atoms with van der Waals surface area (Å²) in [5.74, 6) is -2.91. The van der Waals surface area contributed by atoms with Crippen molar-refractivity contribution in [2.24, 2.45) is 23.7 Å². The van der Waals surface area contributed by atoms with Gasteiger partial charge >= 0.3 is 11.9 Å². The van der Waals surface area contributed by atoms with Gasteiger partial charge in [0.05, 0.1) is 18.9 Å². The summed E-state index contributed by atoms with van der Waals surface area (Å²) in [5.41, 5.74) is 0. The fourth-order valence-electron chi connectivity index (χ4n) is 2.91. The van der Waals surface area contributed by atoms with Crippen molar-refractivity contribution in [1.29, 1.82) is 0 Å². The highest BCUT2D eigenvalue weighted by Crippen LogP contribution is 2.36. The van der Waals surface area contributed by atoms with Gasteiger partial charge in [-0.2, -0.15) is 0 Å². The topological polar surface area (TPSA) is 92.7 Å². The Hall–Kier alpha value is -1.59. The van der Waals surface area contributed by atoms with Crippen LogP contribution in [0.1, 0.15) is 40.0 Å². The third-order valence-electron chi connectivity index (χ3n) is 4.42. The second-order valence-electron chi connectivity index (χ2n) is 6.02. The molecule has 0 bridgehead atoms. The molecule has 0 aromatic carbocycles. The van der Waals surface area contributed by atoms with Gasteiger partial charge in [0.1, 0.15) is 6.04 Å². The fourth-order valence-corrected chi connectivity index (χ4v) is 2.91. The maximum atomic E-state index is 12.4. The van der Waals surface area contributed by atoms with Crippen LogP contribution in [0.15, 0.2) is 0 Å². The summed E-state index contributed by atoms with van der Waals surface area (Å²) in [6.45, 7) is 5.72. The van der Waals surface area contributed by atoms with E-state index in [4.69, 9.17) is 4.74 Å². The van der Waals surface area contributed by atoms with Crippen molar-refractivity contribution < 1.29 is 24.2 Å². The normalized spacial score (nSPS) is 27.7. The van der Waals surface area contributed by atoms with Crippen LogP contribution in [0.3, 0.4) is 0 Å². The molecule has 0 heterocycles. The van der Waals surface area contributed by atoms with Crippen LogP contribution < -0.4 is 5.32 Å². The van der Waals surface area contributed by atoms with Crippen LogP contribution in [0.5, 0.6) is 0 Å². The SMILES string of the molecule is CCC(C)C(NC(=O)[C@H]1CC(C)C[C@H]1C(=O)O)C(=O)OC. The van der Waals surface area contributed by atoms with Crippen molar-refractivity contribution in [3.8, 4) is 0 Å². The number of amides is 1. The monoisotopic (exact) mass is 299 g/mol. The molecule has 6 heteroatoms. The molecule has 0 saturated heterocycles. The first kappa shape index (κ1) is 17.5. The molecule has 1 amide bonds. The van der Waals surface area contributed by atoms with Gasteiger partial charge in [-0.25, -0.2) is 4.79 Å². The molecule has 1 saturated carbocycles. The number of rotatable bonds is 6. The molecule has 120 valence electrons. The number of carboxylic acid groups (broad SMARTS) is 1. The lowest BCUT2D eigenvalue weighted by atomic mass is 9.93. The predicted molar refractivity (Wildman–Crippen MR) is 76.4 cm³/mol. The number of nitrogens with one attached hydrogen (secondary N) is 1. The molecule has 3 unspecified atom stereocenters. The highest BCUT2D eigenvalue weighted by molar-refractivity contribution is 5.89. The van der Waals surface area contributed by atoms with Crippen molar-refractivity contribution in [2.75, 3.05) is 7.11 Å². The first-order chi connectivity index (χ1) is 9.81. The number of hydrogen-bond donors (Lipinski definition) is 2. The maximum absolute atomic E-state index is 12.4. The Morgan fingerprint density at radius 2 is 1.86 bits per heavy atom. The Labute approximate surface area is 125 Å². The van der Waals surface area contributed by atoms with E-state index in [0.29, 0.717) is 19.3 Å². The number of hydrogen-bond acceptors (Lipinski definition) is 4. The van der Waals surface area contributed by atoms with Crippen LogP contribution >= 0.6 is 0 Å². The van der Waals surface area contributed by atoms with Gasteiger partial charge in [-0.15, -0.1) is 0 Å². The Balaban J connectivity index is 2.81. The number of carboxylic acids is 1. The molecular weight excluding hydrogens is 274 g/mol. The van der Waals surface area contributed by atoms with E-state index in [9.17, 15) is 19.5 Å². The molecule has 21 heavy (non-hydrogen) atoms. The Bertz CT molecular complexity index is 409. The lowest BCUT2D eigenvalue weighted by molar-refractivity contribution is -0.149. The van der Waals surface area contributed by atoms with Gasteiger partial charge in [-0.3, -0.25) is 9.59 Å². The van der Waals surface area contributed by atoms with E-state index in [1.165, 1.54) is 7.11 Å². The van der Waals surface area contributed by atoms with E-state index in [1.54, 1.807) is 0 Å². The number of aliphatic carboxylic acids is 1. The summed E-state index contributed by atoms with van der Waals surface area (Å²) in [7, 11) is 1.28. The predicted octanol–water partition coefficient (Wildman–Crippen LogP) is 1.44. The number of esters is 1. The number of methoxy groups -OCH3 is 1. The third kappa shape index (κ3) is 4.19. The summed E-state index contributed by atoms with van der Waals surface area (Å²) in [6.07, 6.45) is 1.75. The van der Waals surface area contributed by atoms with Crippen molar-refractivity contribution in [3.05, 3.63) is 0 Å². The van der Waals surface area contributed by atoms with Gasteiger partial charge < -0.3 is 15.2 Å². The van der Waals surface area contributed by atoms with E-state index >= 15 is 0 Å². The average molecular weight is 299 g/mol. The molecule has 6 nitrogen and oxygen atoms in total. The molecule has 1 aliphatic carbocycles. The van der Waals surface area contributed by atoms with E-state index in [2.05, 4.69) is 5.32 Å². The molecule has 0 aliphatic heterocycles. The first-order valence-corrected chi connectivity index (χ1v) is 7.42. The Morgan fingerprint density at radius 3 is 2.33 bits per heavy atom. The van der Waals surface area contributed by atoms with Crippen LogP contribution in [-0.2, 0) is 19.1 Å². The Morgan fingerprint density at radius 1 is 1.29 bits per heavy atom. The molecule has 0 spiro atoms. The van der Waals surface area contributed by atoms with E-state index in [-0.39, 0.29) is 17.7 Å². The van der Waals surface area contributed by atoms with Crippen LogP contribution in [0.25, 0.3) is 0 Å². The van der Waals surface area contributed by atoms with Gasteiger partial charge in [-0.1, -0.05) is 27.2 Å². The summed E-state index contributed by atoms with van der Waals surface area (Å²) >= 11 is 0. The van der Waals surface area contributed by atoms with E-state index in [1.807, 2.05) is 20.8 Å². The van der Waals surface area contributed by atoms with Crippen LogP contribution in [0.4, 0.5) is 0 Å². The van der Waals surface area contributed by atoms with Gasteiger partial charge in [0, 0.05) is 0 Å². The molecule has 2 N–H and O–H groups in total. The Kier molecular flexibility index (Phi) is 6.18. The molecule has 5 atom stereocenters. The van der Waals surface area contributed by atoms with Gasteiger partial charge in [0.2, 0.25) is 5.91 Å². The first-order valence-electron chi connectivity index (χ1n) is 7.42. The average Bonchev–Trinajstić information content (AvgIpc) is 2.85. The minimum Gasteiger partial charge on any atom is -0.481 e. The van der Waals surface area contributed by atoms with Crippen LogP contribution in [0.2, 0.25) is 0 Å². The van der Waals surface area contributed by atoms with Gasteiger partial charge in [0.15, 0.2) is 0 Å². The van der Waals surface area contributed by atoms with Gasteiger partial charge in [-0.05, 0) is 24.7 Å². The zero-order chi connectivity index (χ0) is 16.2. The van der Waals surface area contributed by atoms with Crippen molar-refractivity contribution >= 4 is 17.8 Å². The van der Waals surface area contributed by atoms with Crippen molar-refractivity contribution in [2.45, 2.75) is 46.1 Å². The second-order valence-corrected chi connectivity index (χ2v) is 6.02. The summed E-state index contributed by atoms with van der Waals surface area (Å²) in [6, 6.07) is -0.724. The van der Waals surface area contributed by atoms with Gasteiger partial charge in [0.25, 0.3) is 0 Å². The molecule has 1 aliphatic rings. The highest BCUT2D eigenvalue weighted by Gasteiger charge is 2.42. The number of carbonyl (C=O) groups excluding carboxylic acids is 2. The quantitative estimate of drug-likeness (QED) is 0.724. The molecule has 0 aromatic rings. The number of ether oxygens (including phenoxy) is 1. The maximum Gasteiger partial charge on any atom is 0.328 e. The highest BCUT2D eigenvalue weighted by atomic mass is 16.5. The van der Waals surface area contributed by atoms with E-state index < -0.39 is 29.8 Å². The second kappa shape index (κ2) is 7.43. The van der Waals surface area contributed by atoms with Crippen molar-refractivity contribution in [3.63, 3.8) is 0 Å². The van der Waals surface area contributed by atoms with Crippen LogP contribution in [0, 0.1) is 23.7 Å². The summed E-state index contributed by atoms with van der Waals surface area (Å²) in [4.78, 5) is 35.4.